The predicted molar refractivity (Wildman–Crippen MR) is 86.7 cm³/mol. The molecular formula is C18H26N2. The average Bonchev–Trinajstić information content (AvgIpc) is 2.37. The standard InChI is InChI=1S/C18H26N2/c1-17(2,3)13-7-9-19-15(11-13)16-12-14(8-10-20-16)18(4,5)6/h7-12,19-20H,1-6H3. The van der Waals surface area contributed by atoms with Crippen LogP contribution in [0, 0.1) is 10.8 Å². The third-order valence-electron chi connectivity index (χ3n) is 3.63. The van der Waals surface area contributed by atoms with Crippen molar-refractivity contribution in [1.29, 1.82) is 0 Å². The van der Waals surface area contributed by atoms with E-state index >= 15 is 0 Å². The maximum atomic E-state index is 3.34. The molecule has 0 amide bonds. The first-order valence-electron chi connectivity index (χ1n) is 7.23. The summed E-state index contributed by atoms with van der Waals surface area (Å²) in [5, 5.41) is 6.69. The first-order chi connectivity index (χ1) is 9.18. The van der Waals surface area contributed by atoms with Crippen LogP contribution in [0.3, 0.4) is 0 Å². The first-order valence-corrected chi connectivity index (χ1v) is 7.23. The molecule has 0 fully saturated rings. The summed E-state index contributed by atoms with van der Waals surface area (Å²) in [7, 11) is 0. The summed E-state index contributed by atoms with van der Waals surface area (Å²) < 4.78 is 0. The normalized spacial score (nSPS) is 22.9. The fourth-order valence-corrected chi connectivity index (χ4v) is 2.18. The summed E-state index contributed by atoms with van der Waals surface area (Å²) in [6, 6.07) is 0. The second-order valence-electron chi connectivity index (χ2n) is 7.48. The molecule has 0 saturated heterocycles. The van der Waals surface area contributed by atoms with Crippen molar-refractivity contribution < 1.29 is 0 Å². The molecule has 0 unspecified atom stereocenters. The molecule has 0 saturated carbocycles. The Balaban J connectivity index is 2.40. The molecule has 0 bridgehead atoms. The van der Waals surface area contributed by atoms with Gasteiger partial charge < -0.3 is 10.6 Å². The van der Waals surface area contributed by atoms with Crippen LogP contribution in [0.4, 0.5) is 0 Å². The van der Waals surface area contributed by atoms with E-state index in [0.717, 1.165) is 11.4 Å². The molecule has 0 aliphatic carbocycles. The van der Waals surface area contributed by atoms with Crippen LogP contribution < -0.4 is 10.6 Å². The molecule has 2 nitrogen and oxygen atoms in total. The van der Waals surface area contributed by atoms with E-state index in [9.17, 15) is 0 Å². The Kier molecular flexibility index (Phi) is 3.68. The smallest absolute Gasteiger partial charge is 0.0621 e. The van der Waals surface area contributed by atoms with Crippen LogP contribution in [0.15, 0.2) is 59.2 Å². The van der Waals surface area contributed by atoms with E-state index in [1.165, 1.54) is 11.1 Å². The second-order valence-corrected chi connectivity index (χ2v) is 7.48. The zero-order valence-corrected chi connectivity index (χ0v) is 13.5. The Morgan fingerprint density at radius 2 is 1.00 bits per heavy atom. The van der Waals surface area contributed by atoms with Crippen molar-refractivity contribution in [3.8, 4) is 0 Å². The van der Waals surface area contributed by atoms with E-state index in [1.807, 2.05) is 12.4 Å². The highest BCUT2D eigenvalue weighted by molar-refractivity contribution is 5.46. The number of hydrogen-bond donors (Lipinski definition) is 2. The molecule has 0 atom stereocenters. The topological polar surface area (TPSA) is 24.1 Å². The molecule has 0 aromatic carbocycles. The van der Waals surface area contributed by atoms with E-state index < -0.39 is 0 Å². The minimum atomic E-state index is 0.158. The van der Waals surface area contributed by atoms with Crippen molar-refractivity contribution in [3.63, 3.8) is 0 Å². The van der Waals surface area contributed by atoms with Crippen LogP contribution >= 0.6 is 0 Å². The van der Waals surface area contributed by atoms with Gasteiger partial charge in [0.2, 0.25) is 0 Å². The number of hydrogen-bond acceptors (Lipinski definition) is 2. The predicted octanol–water partition coefficient (Wildman–Crippen LogP) is 4.38. The number of dihydropyridines is 2. The van der Waals surface area contributed by atoms with E-state index in [-0.39, 0.29) is 10.8 Å². The summed E-state index contributed by atoms with van der Waals surface area (Å²) in [5.41, 5.74) is 5.24. The summed E-state index contributed by atoms with van der Waals surface area (Å²) in [6.07, 6.45) is 12.8. The third kappa shape index (κ3) is 3.24. The molecule has 2 rings (SSSR count). The lowest BCUT2D eigenvalue weighted by molar-refractivity contribution is 0.512. The van der Waals surface area contributed by atoms with Gasteiger partial charge in [0, 0.05) is 12.4 Å². The van der Waals surface area contributed by atoms with Gasteiger partial charge >= 0.3 is 0 Å². The lowest BCUT2D eigenvalue weighted by Gasteiger charge is -2.27. The monoisotopic (exact) mass is 270 g/mol. The molecule has 0 aromatic rings. The quantitative estimate of drug-likeness (QED) is 0.682. The van der Waals surface area contributed by atoms with Crippen molar-refractivity contribution in [2.45, 2.75) is 41.5 Å². The van der Waals surface area contributed by atoms with Crippen LogP contribution in [0.2, 0.25) is 0 Å². The van der Waals surface area contributed by atoms with Gasteiger partial charge in [0.1, 0.15) is 0 Å². The van der Waals surface area contributed by atoms with Gasteiger partial charge in [-0.25, -0.2) is 0 Å². The van der Waals surface area contributed by atoms with Crippen molar-refractivity contribution >= 4 is 0 Å². The summed E-state index contributed by atoms with van der Waals surface area (Å²) in [4.78, 5) is 0. The van der Waals surface area contributed by atoms with Gasteiger partial charge in [0.25, 0.3) is 0 Å². The van der Waals surface area contributed by atoms with E-state index in [0.29, 0.717) is 0 Å². The number of allylic oxidation sites excluding steroid dienone is 6. The van der Waals surface area contributed by atoms with Gasteiger partial charge in [-0.05, 0) is 46.3 Å². The maximum Gasteiger partial charge on any atom is 0.0621 e. The Hall–Kier alpha value is -1.70. The summed E-state index contributed by atoms with van der Waals surface area (Å²) in [6.45, 7) is 13.4. The maximum absolute atomic E-state index is 3.34. The number of rotatable bonds is 0. The van der Waals surface area contributed by atoms with Crippen LogP contribution in [-0.2, 0) is 0 Å². The van der Waals surface area contributed by atoms with Crippen molar-refractivity contribution in [2.75, 3.05) is 0 Å². The molecule has 108 valence electrons. The summed E-state index contributed by atoms with van der Waals surface area (Å²) >= 11 is 0. The van der Waals surface area contributed by atoms with Gasteiger partial charge in [-0.1, -0.05) is 41.5 Å². The molecule has 2 heteroatoms. The number of nitrogens with one attached hydrogen (secondary N) is 2. The fourth-order valence-electron chi connectivity index (χ4n) is 2.18. The van der Waals surface area contributed by atoms with Crippen LogP contribution in [0.5, 0.6) is 0 Å². The van der Waals surface area contributed by atoms with E-state index in [4.69, 9.17) is 0 Å². The molecule has 0 radical (unpaired) electrons. The third-order valence-corrected chi connectivity index (χ3v) is 3.63. The Morgan fingerprint density at radius 1 is 0.650 bits per heavy atom. The molecule has 2 aliphatic heterocycles. The minimum Gasteiger partial charge on any atom is -0.360 e. The highest BCUT2D eigenvalue weighted by Crippen LogP contribution is 2.31. The second kappa shape index (κ2) is 5.01. The van der Waals surface area contributed by atoms with Crippen molar-refractivity contribution in [1.82, 2.24) is 10.6 Å². The zero-order chi connectivity index (χ0) is 15.0. The molecule has 2 N–H and O–H groups in total. The lowest BCUT2D eigenvalue weighted by Crippen LogP contribution is -2.22. The molecule has 2 aliphatic rings. The largest absolute Gasteiger partial charge is 0.360 e. The van der Waals surface area contributed by atoms with Gasteiger partial charge in [0.15, 0.2) is 0 Å². The van der Waals surface area contributed by atoms with Crippen LogP contribution in [0.1, 0.15) is 41.5 Å². The van der Waals surface area contributed by atoms with E-state index in [1.54, 1.807) is 0 Å². The molecule has 2 heterocycles. The van der Waals surface area contributed by atoms with Crippen molar-refractivity contribution in [3.05, 3.63) is 59.2 Å². The van der Waals surface area contributed by atoms with Gasteiger partial charge in [-0.3, -0.25) is 0 Å². The van der Waals surface area contributed by atoms with Gasteiger partial charge in [-0.2, -0.15) is 0 Å². The minimum absolute atomic E-state index is 0.158. The lowest BCUT2D eigenvalue weighted by atomic mass is 9.83. The Morgan fingerprint density at radius 3 is 1.30 bits per heavy atom. The fraction of sp³-hybridized carbons (Fsp3) is 0.444. The zero-order valence-electron chi connectivity index (χ0n) is 13.5. The highest BCUT2D eigenvalue weighted by atomic mass is 14.9. The molecule has 0 aromatic heterocycles. The average molecular weight is 270 g/mol. The van der Waals surface area contributed by atoms with Gasteiger partial charge in [-0.15, -0.1) is 0 Å². The summed E-state index contributed by atoms with van der Waals surface area (Å²) in [5.74, 6) is 0. The SMILES string of the molecule is CC(C)(C)C1=CC(=C2C=C(C(C)(C)C)C=CN2)NC=C1. The molecule has 20 heavy (non-hydrogen) atoms. The van der Waals surface area contributed by atoms with Crippen molar-refractivity contribution in [2.24, 2.45) is 10.8 Å². The van der Waals surface area contributed by atoms with E-state index in [2.05, 4.69) is 76.5 Å². The van der Waals surface area contributed by atoms with Gasteiger partial charge in [0.05, 0.1) is 11.4 Å². The molecular weight excluding hydrogens is 244 g/mol. The Labute approximate surface area is 123 Å². The molecule has 0 spiro atoms. The highest BCUT2D eigenvalue weighted by Gasteiger charge is 2.20. The van der Waals surface area contributed by atoms with Crippen LogP contribution in [-0.4, -0.2) is 0 Å². The first kappa shape index (κ1) is 14.7. The van der Waals surface area contributed by atoms with Crippen LogP contribution in [0.25, 0.3) is 0 Å². The Bertz CT molecular complexity index is 491.